The number of amides is 1. The topological polar surface area (TPSA) is 120 Å². The van der Waals surface area contributed by atoms with Crippen LogP contribution in [0.1, 0.15) is 53.2 Å². The van der Waals surface area contributed by atoms with Gasteiger partial charge in [-0.25, -0.2) is 13.4 Å². The number of carbonyl (C=O) groups excluding carboxylic acids is 1. The lowest BCUT2D eigenvalue weighted by Gasteiger charge is -2.42. The van der Waals surface area contributed by atoms with Crippen molar-refractivity contribution in [1.29, 1.82) is 0 Å². The SMILES string of the molecule is COc1cc(C)c(S(=O)(=O)N(Cc2nc(C(=O)N3CCC(O)(CN4CCN(C)CC4)CC3)co2)C2CC2)c(C)c1. The van der Waals surface area contributed by atoms with Gasteiger partial charge in [0, 0.05) is 51.9 Å². The average molecular weight is 576 g/mol. The molecule has 3 fully saturated rings. The summed E-state index contributed by atoms with van der Waals surface area (Å²) in [6.07, 6.45) is 3.86. The van der Waals surface area contributed by atoms with Crippen LogP contribution in [-0.4, -0.2) is 115 Å². The van der Waals surface area contributed by atoms with Gasteiger partial charge < -0.3 is 24.1 Å². The van der Waals surface area contributed by atoms with E-state index in [4.69, 9.17) is 9.15 Å². The number of benzene rings is 1. The largest absolute Gasteiger partial charge is 0.497 e. The Labute approximate surface area is 236 Å². The van der Waals surface area contributed by atoms with E-state index >= 15 is 0 Å². The Morgan fingerprint density at radius 3 is 2.33 bits per heavy atom. The Kier molecular flexibility index (Phi) is 8.27. The summed E-state index contributed by atoms with van der Waals surface area (Å²) in [6.45, 7) is 8.84. The number of β-amino-alcohol motifs (C(OH)–C–C–N with tert-alkyl or cyclic N) is 1. The van der Waals surface area contributed by atoms with Crippen LogP contribution in [0.3, 0.4) is 0 Å². The quantitative estimate of drug-likeness (QED) is 0.478. The first-order chi connectivity index (χ1) is 19.0. The van der Waals surface area contributed by atoms with Crippen molar-refractivity contribution in [2.75, 3.05) is 60.0 Å². The Balaban J connectivity index is 1.23. The summed E-state index contributed by atoms with van der Waals surface area (Å²) < 4.78 is 39.9. The van der Waals surface area contributed by atoms with Crippen molar-refractivity contribution in [3.63, 3.8) is 0 Å². The highest BCUT2D eigenvalue weighted by Gasteiger charge is 2.41. The number of aryl methyl sites for hydroxylation is 2. The number of ether oxygens (including phenoxy) is 1. The second kappa shape index (κ2) is 11.4. The molecule has 0 unspecified atom stereocenters. The van der Waals surface area contributed by atoms with Crippen LogP contribution in [0.15, 0.2) is 27.7 Å². The molecule has 2 saturated heterocycles. The minimum atomic E-state index is -3.83. The zero-order valence-electron chi connectivity index (χ0n) is 23.9. The molecule has 2 aliphatic heterocycles. The highest BCUT2D eigenvalue weighted by atomic mass is 32.2. The van der Waals surface area contributed by atoms with Gasteiger partial charge in [-0.1, -0.05) is 0 Å². The number of rotatable bonds is 9. The van der Waals surface area contributed by atoms with Crippen LogP contribution in [0.4, 0.5) is 0 Å². The summed E-state index contributed by atoms with van der Waals surface area (Å²) in [5, 5.41) is 11.2. The van der Waals surface area contributed by atoms with Crippen molar-refractivity contribution >= 4 is 15.9 Å². The third-order valence-corrected chi connectivity index (χ3v) is 10.6. The summed E-state index contributed by atoms with van der Waals surface area (Å²) in [4.78, 5) is 24.2. The van der Waals surface area contributed by atoms with Gasteiger partial charge in [0.2, 0.25) is 15.9 Å². The predicted molar refractivity (Wildman–Crippen MR) is 149 cm³/mol. The number of sulfonamides is 1. The molecule has 12 heteroatoms. The van der Waals surface area contributed by atoms with Crippen LogP contribution < -0.4 is 4.74 Å². The van der Waals surface area contributed by atoms with Crippen molar-refractivity contribution in [3.05, 3.63) is 41.1 Å². The fourth-order valence-electron chi connectivity index (χ4n) is 5.81. The molecule has 0 bridgehead atoms. The van der Waals surface area contributed by atoms with E-state index in [0.29, 0.717) is 49.4 Å². The number of oxazole rings is 1. The Bertz CT molecular complexity index is 1300. The first kappa shape index (κ1) is 29.0. The van der Waals surface area contributed by atoms with E-state index in [1.807, 2.05) is 0 Å². The highest BCUT2D eigenvalue weighted by molar-refractivity contribution is 7.89. The van der Waals surface area contributed by atoms with Gasteiger partial charge in [-0.3, -0.25) is 9.69 Å². The number of nitrogens with zero attached hydrogens (tertiary/aromatic N) is 5. The highest BCUT2D eigenvalue weighted by Crippen LogP contribution is 2.36. The smallest absolute Gasteiger partial charge is 0.275 e. The van der Waals surface area contributed by atoms with E-state index in [1.165, 1.54) is 10.6 Å². The molecule has 1 amide bonds. The number of hydrogen-bond acceptors (Lipinski definition) is 9. The van der Waals surface area contributed by atoms with Crippen molar-refractivity contribution in [2.45, 2.75) is 62.6 Å². The van der Waals surface area contributed by atoms with Crippen molar-refractivity contribution < 1.29 is 27.5 Å². The van der Waals surface area contributed by atoms with Gasteiger partial charge in [0.15, 0.2) is 5.69 Å². The molecule has 5 rings (SSSR count). The zero-order chi connectivity index (χ0) is 28.7. The van der Waals surface area contributed by atoms with Crippen molar-refractivity contribution in [1.82, 2.24) is 24.0 Å². The minimum Gasteiger partial charge on any atom is -0.497 e. The summed E-state index contributed by atoms with van der Waals surface area (Å²) >= 11 is 0. The molecule has 1 aliphatic carbocycles. The average Bonchev–Trinajstić information content (AvgIpc) is 3.64. The number of likely N-dealkylation sites (tertiary alicyclic amines) is 1. The van der Waals surface area contributed by atoms with Gasteiger partial charge in [0.1, 0.15) is 12.0 Å². The number of methoxy groups -OCH3 is 1. The number of carbonyl (C=O) groups is 1. The lowest BCUT2D eigenvalue weighted by molar-refractivity contribution is -0.0468. The van der Waals surface area contributed by atoms with E-state index in [-0.39, 0.29) is 35.0 Å². The number of hydrogen-bond donors (Lipinski definition) is 1. The maximum Gasteiger partial charge on any atom is 0.275 e. The van der Waals surface area contributed by atoms with Gasteiger partial charge in [0.25, 0.3) is 5.91 Å². The molecule has 2 aromatic rings. The second-order valence-corrected chi connectivity index (χ2v) is 13.4. The fraction of sp³-hybridized carbons (Fsp3) is 0.643. The Hall–Kier alpha value is -2.51. The van der Waals surface area contributed by atoms with Gasteiger partial charge >= 0.3 is 0 Å². The van der Waals surface area contributed by atoms with Gasteiger partial charge in [0.05, 0.1) is 24.2 Å². The minimum absolute atomic E-state index is 0.0457. The zero-order valence-corrected chi connectivity index (χ0v) is 24.7. The normalized spacial score (nSPS) is 20.7. The molecule has 3 heterocycles. The molecule has 3 aliphatic rings. The summed E-state index contributed by atoms with van der Waals surface area (Å²) in [7, 11) is -0.172. The number of aromatic nitrogens is 1. The van der Waals surface area contributed by atoms with Crippen LogP contribution in [0.2, 0.25) is 0 Å². The maximum atomic E-state index is 13.8. The molecular formula is C28H41N5O6S. The van der Waals surface area contributed by atoms with Crippen LogP contribution >= 0.6 is 0 Å². The molecule has 0 radical (unpaired) electrons. The first-order valence-corrected chi connectivity index (χ1v) is 15.5. The first-order valence-electron chi connectivity index (χ1n) is 14.0. The number of piperazine rings is 1. The van der Waals surface area contributed by atoms with Crippen LogP contribution in [0.5, 0.6) is 5.75 Å². The van der Waals surface area contributed by atoms with E-state index in [0.717, 1.165) is 39.0 Å². The number of likely N-dealkylation sites (N-methyl/N-ethyl adjacent to an activating group) is 1. The molecule has 0 atom stereocenters. The second-order valence-electron chi connectivity index (χ2n) is 11.6. The molecule has 220 valence electrons. The molecule has 40 heavy (non-hydrogen) atoms. The van der Waals surface area contributed by atoms with Crippen LogP contribution in [-0.2, 0) is 16.6 Å². The summed E-state index contributed by atoms with van der Waals surface area (Å²) in [5.74, 6) is 0.531. The predicted octanol–water partition coefficient (Wildman–Crippen LogP) is 1.87. The van der Waals surface area contributed by atoms with E-state index in [2.05, 4.69) is 21.8 Å². The van der Waals surface area contributed by atoms with Crippen LogP contribution in [0, 0.1) is 13.8 Å². The molecule has 1 saturated carbocycles. The van der Waals surface area contributed by atoms with Gasteiger partial charge in [-0.15, -0.1) is 0 Å². The standard InChI is InChI=1S/C28H41N5O6S/c1-20-15-23(38-4)16-21(2)26(20)40(36,37)33(22-5-6-22)17-25-29-24(18-39-25)27(34)32-9-7-28(35,8-10-32)19-31-13-11-30(3)12-14-31/h15-16,18,22,35H,5-14,17,19H2,1-4H3. The van der Waals surface area contributed by atoms with E-state index in [1.54, 1.807) is 38.0 Å². The Morgan fingerprint density at radius 2 is 1.75 bits per heavy atom. The molecule has 1 aromatic heterocycles. The molecular weight excluding hydrogens is 534 g/mol. The summed E-state index contributed by atoms with van der Waals surface area (Å²) in [6, 6.07) is 3.31. The van der Waals surface area contributed by atoms with Crippen LogP contribution in [0.25, 0.3) is 0 Å². The lowest BCUT2D eigenvalue weighted by atomic mass is 9.90. The van der Waals surface area contributed by atoms with Crippen molar-refractivity contribution in [2.24, 2.45) is 0 Å². The fourth-order valence-corrected chi connectivity index (χ4v) is 7.86. The van der Waals surface area contributed by atoms with Crippen molar-refractivity contribution in [3.8, 4) is 5.75 Å². The molecule has 11 nitrogen and oxygen atoms in total. The molecule has 1 N–H and O–H groups in total. The molecule has 1 aromatic carbocycles. The lowest BCUT2D eigenvalue weighted by Crippen LogP contribution is -2.55. The van der Waals surface area contributed by atoms with E-state index < -0.39 is 15.6 Å². The van der Waals surface area contributed by atoms with E-state index in [9.17, 15) is 18.3 Å². The maximum absolute atomic E-state index is 13.8. The third kappa shape index (κ3) is 6.20. The summed E-state index contributed by atoms with van der Waals surface area (Å²) in [5.41, 5.74) is 0.578. The molecule has 0 spiro atoms. The monoisotopic (exact) mass is 575 g/mol. The Morgan fingerprint density at radius 1 is 1.12 bits per heavy atom. The third-order valence-electron chi connectivity index (χ3n) is 8.35. The number of aliphatic hydroxyl groups is 1. The number of piperidine rings is 1. The van der Waals surface area contributed by atoms with Gasteiger partial charge in [-0.05, 0) is 69.8 Å². The van der Waals surface area contributed by atoms with Gasteiger partial charge in [-0.2, -0.15) is 4.31 Å².